The molecule has 2 fully saturated rings. The minimum Gasteiger partial charge on any atom is -0.481 e. The number of carbonyl (C=O) groups excluding carboxylic acids is 1. The fraction of sp³-hybridized carbons (Fsp3) is 0.333. The Morgan fingerprint density at radius 1 is 0.983 bits per heavy atom. The Morgan fingerprint density at radius 3 is 2.60 bits per heavy atom. The number of nitriles is 1. The number of methoxy groups -OCH3 is 1. The van der Waals surface area contributed by atoms with Gasteiger partial charge >= 0.3 is 5.97 Å². The summed E-state index contributed by atoms with van der Waals surface area (Å²) in [7, 11) is 1.60. The number of amides is 1. The number of halogens is 2. The second-order valence-corrected chi connectivity index (χ2v) is 16.1. The van der Waals surface area contributed by atoms with Crippen LogP contribution < -0.4 is 24.8 Å². The molecule has 8 rings (SSSR count). The van der Waals surface area contributed by atoms with Gasteiger partial charge in [-0.25, -0.2) is 4.98 Å². The van der Waals surface area contributed by atoms with Crippen molar-refractivity contribution in [2.24, 2.45) is 5.92 Å². The van der Waals surface area contributed by atoms with Crippen molar-refractivity contribution in [3.63, 3.8) is 0 Å². The first-order valence-corrected chi connectivity index (χ1v) is 20.7. The monoisotopic (exact) mass is 847 g/mol. The van der Waals surface area contributed by atoms with Crippen molar-refractivity contribution in [2.75, 3.05) is 26.7 Å². The molecule has 13 nitrogen and oxygen atoms in total. The van der Waals surface area contributed by atoms with Crippen molar-refractivity contribution in [3.05, 3.63) is 116 Å². The summed E-state index contributed by atoms with van der Waals surface area (Å²) in [6, 6.07) is 21.7. The number of ether oxygens (including phenoxy) is 3. The van der Waals surface area contributed by atoms with E-state index in [9.17, 15) is 20.0 Å². The van der Waals surface area contributed by atoms with Crippen molar-refractivity contribution in [1.29, 1.82) is 5.26 Å². The van der Waals surface area contributed by atoms with E-state index in [-0.39, 0.29) is 30.5 Å². The molecular weight excluding hydrogens is 805 g/mol. The van der Waals surface area contributed by atoms with E-state index in [0.717, 1.165) is 46.2 Å². The van der Waals surface area contributed by atoms with Crippen LogP contribution in [0.1, 0.15) is 65.2 Å². The van der Waals surface area contributed by atoms with Crippen LogP contribution >= 0.6 is 23.2 Å². The fourth-order valence-corrected chi connectivity index (χ4v) is 8.76. The van der Waals surface area contributed by atoms with Crippen molar-refractivity contribution >= 4 is 35.1 Å². The standard InChI is InChI=1S/C45H43Cl2N7O6/c1-58-42-28(21-50-22-31-9-13-40(55)51-31)8-11-38(52-42)36-7-3-6-35(41(36)47)32-4-2-5-34-33(32)10-12-39(34)60-44-37(46)17-30(24-54-15-14-29(23-54)45(56)57)43(53-44)59-25-27-16-26(18-48)19-49-20-27/h2-8,11,16-17,19-20,29,31,39,50H,9-10,12-15,21-25H2,1H3,(H,51,55)(H,56,57)/t29-,31-,39-/m0/s1. The number of hydrogen-bond acceptors (Lipinski definition) is 11. The molecule has 5 aromatic rings. The minimum absolute atomic E-state index is 0.0899. The number of nitrogens with one attached hydrogen (secondary N) is 2. The van der Waals surface area contributed by atoms with Crippen LogP contribution in [0.5, 0.6) is 17.6 Å². The number of benzene rings is 2. The highest BCUT2D eigenvalue weighted by atomic mass is 35.5. The van der Waals surface area contributed by atoms with Gasteiger partial charge in [0.2, 0.25) is 23.5 Å². The summed E-state index contributed by atoms with van der Waals surface area (Å²) >= 11 is 14.1. The van der Waals surface area contributed by atoms with Crippen LogP contribution in [0.3, 0.4) is 0 Å². The first-order valence-electron chi connectivity index (χ1n) is 19.9. The van der Waals surface area contributed by atoms with Gasteiger partial charge in [-0.2, -0.15) is 10.2 Å². The quantitative estimate of drug-likeness (QED) is 0.0961. The van der Waals surface area contributed by atoms with Crippen LogP contribution in [-0.4, -0.2) is 69.6 Å². The SMILES string of the molecule is COc1nc(-c2cccc(-c3cccc4c3CC[C@@H]4Oc3nc(OCc4cncc(C#N)c4)c(CN4CC[C@H](C(=O)O)C4)cc3Cl)c2Cl)ccc1CNC[C@@H]1CCC(=O)N1. The number of rotatable bonds is 15. The van der Waals surface area contributed by atoms with Gasteiger partial charge in [-0.3, -0.25) is 19.5 Å². The molecule has 2 aromatic carbocycles. The van der Waals surface area contributed by atoms with Crippen LogP contribution in [0, 0.1) is 17.2 Å². The smallest absolute Gasteiger partial charge is 0.307 e. The third kappa shape index (κ3) is 9.02. The molecule has 0 bridgehead atoms. The van der Waals surface area contributed by atoms with Crippen LogP contribution in [0.15, 0.2) is 73.1 Å². The van der Waals surface area contributed by atoms with Crippen LogP contribution in [0.25, 0.3) is 22.4 Å². The van der Waals surface area contributed by atoms with Gasteiger partial charge in [0.25, 0.3) is 0 Å². The van der Waals surface area contributed by atoms with E-state index in [1.165, 1.54) is 6.20 Å². The first kappa shape index (κ1) is 41.0. The van der Waals surface area contributed by atoms with Crippen LogP contribution in [-0.2, 0) is 35.7 Å². The summed E-state index contributed by atoms with van der Waals surface area (Å²) in [5.41, 5.74) is 8.14. The van der Waals surface area contributed by atoms with E-state index in [2.05, 4.69) is 33.8 Å². The molecule has 3 N–H and O–H groups in total. The van der Waals surface area contributed by atoms with E-state index >= 15 is 0 Å². The van der Waals surface area contributed by atoms with E-state index < -0.39 is 11.9 Å². The van der Waals surface area contributed by atoms with Crippen molar-refractivity contribution < 1.29 is 28.9 Å². The molecular formula is C45H43Cl2N7O6. The molecule has 5 heterocycles. The van der Waals surface area contributed by atoms with E-state index in [1.54, 1.807) is 25.4 Å². The summed E-state index contributed by atoms with van der Waals surface area (Å²) < 4.78 is 18.5. The largest absolute Gasteiger partial charge is 0.481 e. The number of carbonyl (C=O) groups is 2. The second-order valence-electron chi connectivity index (χ2n) is 15.3. The molecule has 308 valence electrons. The average molecular weight is 849 g/mol. The third-order valence-electron chi connectivity index (χ3n) is 11.3. The molecule has 0 radical (unpaired) electrons. The zero-order chi connectivity index (χ0) is 41.8. The van der Waals surface area contributed by atoms with Gasteiger partial charge in [0, 0.05) is 78.9 Å². The summed E-state index contributed by atoms with van der Waals surface area (Å²) in [5, 5.41) is 26.2. The summed E-state index contributed by atoms with van der Waals surface area (Å²) in [6.07, 6.45) is 6.11. The first-order chi connectivity index (χ1) is 29.2. The minimum atomic E-state index is -0.810. The predicted octanol–water partition coefficient (Wildman–Crippen LogP) is 7.31. The summed E-state index contributed by atoms with van der Waals surface area (Å²) in [5.74, 6) is -0.137. The van der Waals surface area contributed by atoms with Crippen molar-refractivity contribution in [1.82, 2.24) is 30.5 Å². The van der Waals surface area contributed by atoms with Crippen molar-refractivity contribution in [3.8, 4) is 46.1 Å². The maximum absolute atomic E-state index is 11.7. The lowest BCUT2D eigenvalue weighted by Gasteiger charge is -2.21. The molecule has 3 aliphatic rings. The molecule has 3 aromatic heterocycles. The Labute approximate surface area is 357 Å². The highest BCUT2D eigenvalue weighted by Gasteiger charge is 2.31. The van der Waals surface area contributed by atoms with Gasteiger partial charge in [0.15, 0.2) is 0 Å². The molecule has 3 atom stereocenters. The zero-order valence-electron chi connectivity index (χ0n) is 32.9. The summed E-state index contributed by atoms with van der Waals surface area (Å²) in [6.45, 7) is 2.72. The molecule has 2 aliphatic heterocycles. The Hall–Kier alpha value is -5.78. The highest BCUT2D eigenvalue weighted by Crippen LogP contribution is 2.45. The van der Waals surface area contributed by atoms with Gasteiger partial charge < -0.3 is 30.0 Å². The number of aromatic nitrogens is 3. The molecule has 1 amide bonds. The van der Waals surface area contributed by atoms with Crippen LogP contribution in [0.4, 0.5) is 0 Å². The number of carboxylic acids is 1. The lowest BCUT2D eigenvalue weighted by molar-refractivity contribution is -0.141. The Kier molecular flexibility index (Phi) is 12.5. The van der Waals surface area contributed by atoms with Crippen molar-refractivity contribution in [2.45, 2.75) is 63.9 Å². The number of likely N-dealkylation sites (tertiary alicyclic amines) is 1. The van der Waals surface area contributed by atoms with Gasteiger partial charge in [-0.15, -0.1) is 0 Å². The van der Waals surface area contributed by atoms with E-state index in [0.29, 0.717) is 96.2 Å². The number of pyridine rings is 3. The molecule has 0 spiro atoms. The average Bonchev–Trinajstić information content (AvgIpc) is 4.02. The molecule has 0 unspecified atom stereocenters. The number of aliphatic carboxylic acids is 1. The number of hydrogen-bond donors (Lipinski definition) is 3. The topological polar surface area (TPSA) is 172 Å². The fourth-order valence-electron chi connectivity index (χ4n) is 8.22. The number of carboxylic acid groups (broad SMARTS) is 1. The number of fused-ring (bicyclic) bond motifs is 1. The Morgan fingerprint density at radius 2 is 1.82 bits per heavy atom. The molecule has 15 heteroatoms. The molecule has 1 aliphatic carbocycles. The molecule has 0 saturated carbocycles. The van der Waals surface area contributed by atoms with E-state index in [4.69, 9.17) is 47.4 Å². The molecule has 2 saturated heterocycles. The maximum atomic E-state index is 11.7. The predicted molar refractivity (Wildman–Crippen MR) is 225 cm³/mol. The third-order valence-corrected chi connectivity index (χ3v) is 11.9. The Bertz CT molecular complexity index is 2480. The van der Waals surface area contributed by atoms with E-state index in [1.807, 2.05) is 41.3 Å². The Balaban J connectivity index is 1.02. The highest BCUT2D eigenvalue weighted by molar-refractivity contribution is 6.36. The normalized spacial score (nSPS) is 18.5. The van der Waals surface area contributed by atoms with Gasteiger partial charge in [-0.05, 0) is 67.1 Å². The van der Waals surface area contributed by atoms with Crippen LogP contribution in [0.2, 0.25) is 10.0 Å². The number of nitrogens with zero attached hydrogens (tertiary/aromatic N) is 5. The van der Waals surface area contributed by atoms with Gasteiger partial charge in [0.1, 0.15) is 23.8 Å². The second kappa shape index (κ2) is 18.2. The van der Waals surface area contributed by atoms with Gasteiger partial charge in [0.05, 0.1) is 29.3 Å². The lowest BCUT2D eigenvalue weighted by atomic mass is 9.94. The zero-order valence-corrected chi connectivity index (χ0v) is 34.4. The van der Waals surface area contributed by atoms with Gasteiger partial charge in [-0.1, -0.05) is 65.7 Å². The lowest BCUT2D eigenvalue weighted by Crippen LogP contribution is -2.35. The summed E-state index contributed by atoms with van der Waals surface area (Å²) in [4.78, 5) is 39.1. The molecule has 60 heavy (non-hydrogen) atoms. The maximum Gasteiger partial charge on any atom is 0.307 e.